The fourth-order valence-corrected chi connectivity index (χ4v) is 4.94. The number of hydrogen-bond acceptors (Lipinski definition) is 5. The first-order valence-corrected chi connectivity index (χ1v) is 10.0. The van der Waals surface area contributed by atoms with E-state index in [1.807, 2.05) is 6.92 Å². The molecule has 3 rings (SSSR count). The predicted octanol–water partition coefficient (Wildman–Crippen LogP) is 1.24. The molecule has 2 aliphatic rings. The van der Waals surface area contributed by atoms with E-state index in [9.17, 15) is 22.8 Å². The Morgan fingerprint density at radius 3 is 2.58 bits per heavy atom. The second-order valence-corrected chi connectivity index (χ2v) is 8.53. The number of amides is 4. The first-order valence-electron chi connectivity index (χ1n) is 8.57. The predicted molar refractivity (Wildman–Crippen MR) is 92.8 cm³/mol. The largest absolute Gasteiger partial charge is 0.335 e. The van der Waals surface area contributed by atoms with Gasteiger partial charge in [-0.15, -0.1) is 0 Å². The van der Waals surface area contributed by atoms with Crippen molar-refractivity contribution >= 4 is 27.9 Å². The van der Waals surface area contributed by atoms with Gasteiger partial charge in [-0.3, -0.25) is 14.9 Å². The van der Waals surface area contributed by atoms with Crippen molar-refractivity contribution < 1.29 is 22.8 Å². The van der Waals surface area contributed by atoms with E-state index in [2.05, 4.69) is 10.6 Å². The number of nitrogens with zero attached hydrogens (tertiary/aromatic N) is 1. The van der Waals surface area contributed by atoms with Crippen LogP contribution in [0.5, 0.6) is 0 Å². The Labute approximate surface area is 152 Å². The highest BCUT2D eigenvalue weighted by Crippen LogP contribution is 2.29. The third-order valence-corrected chi connectivity index (χ3v) is 6.67. The Morgan fingerprint density at radius 1 is 1.19 bits per heavy atom. The van der Waals surface area contributed by atoms with Crippen LogP contribution in [0.3, 0.4) is 0 Å². The molecule has 1 saturated carbocycles. The van der Waals surface area contributed by atoms with E-state index in [4.69, 9.17) is 0 Å². The molecule has 1 aliphatic heterocycles. The van der Waals surface area contributed by atoms with Crippen LogP contribution in [-0.4, -0.2) is 43.2 Å². The molecule has 0 aromatic heterocycles. The number of rotatable bonds is 3. The highest BCUT2D eigenvalue weighted by molar-refractivity contribution is 7.90. The van der Waals surface area contributed by atoms with Crippen LogP contribution in [0.2, 0.25) is 0 Å². The first kappa shape index (κ1) is 18.4. The van der Waals surface area contributed by atoms with Gasteiger partial charge in [-0.1, -0.05) is 31.9 Å². The molecule has 26 heavy (non-hydrogen) atoms. The maximum absolute atomic E-state index is 12.4. The van der Waals surface area contributed by atoms with E-state index in [0.29, 0.717) is 10.2 Å². The highest BCUT2D eigenvalue weighted by atomic mass is 32.2. The average Bonchev–Trinajstić information content (AvgIpc) is 2.78. The summed E-state index contributed by atoms with van der Waals surface area (Å²) in [6.07, 6.45) is 3.99. The minimum Gasteiger partial charge on any atom is -0.335 e. The van der Waals surface area contributed by atoms with Gasteiger partial charge in [0.1, 0.15) is 11.4 Å². The summed E-state index contributed by atoms with van der Waals surface area (Å²) in [4.78, 5) is 36.2. The van der Waals surface area contributed by atoms with Crippen LogP contribution in [0.25, 0.3) is 0 Å². The standard InChI is InChI=1S/C17H21N3O5S/c1-11-6-2-4-8-13(11)18-17(23)19-15(21)10-20-16(22)12-7-3-5-9-14(12)26(20,24)25/h3,5,7,9,11,13H,2,4,6,8,10H2,1H3,(H2,18,19,21,23)/t11-,13-/m1/s1. The number of carbonyl (C=O) groups excluding carboxylic acids is 3. The molecule has 8 nitrogen and oxygen atoms in total. The van der Waals surface area contributed by atoms with Gasteiger partial charge in [0.25, 0.3) is 15.9 Å². The van der Waals surface area contributed by atoms with Gasteiger partial charge in [-0.25, -0.2) is 17.5 Å². The zero-order valence-corrected chi connectivity index (χ0v) is 15.2. The molecule has 4 amide bonds. The molecule has 0 radical (unpaired) electrons. The molecular formula is C17H21N3O5S. The van der Waals surface area contributed by atoms with Crippen LogP contribution in [-0.2, 0) is 14.8 Å². The van der Waals surface area contributed by atoms with Crippen molar-refractivity contribution in [3.8, 4) is 0 Å². The summed E-state index contributed by atoms with van der Waals surface area (Å²) in [6, 6.07) is 5.08. The number of carbonyl (C=O) groups is 3. The summed E-state index contributed by atoms with van der Waals surface area (Å²) in [6.45, 7) is 1.31. The number of hydrogen-bond donors (Lipinski definition) is 2. The number of fused-ring (bicyclic) bond motifs is 1. The molecule has 2 atom stereocenters. The van der Waals surface area contributed by atoms with Crippen molar-refractivity contribution in [2.24, 2.45) is 5.92 Å². The van der Waals surface area contributed by atoms with E-state index in [0.717, 1.165) is 25.7 Å². The van der Waals surface area contributed by atoms with E-state index >= 15 is 0 Å². The van der Waals surface area contributed by atoms with Gasteiger partial charge >= 0.3 is 6.03 Å². The second-order valence-electron chi connectivity index (χ2n) is 6.70. The van der Waals surface area contributed by atoms with Crippen molar-refractivity contribution in [3.63, 3.8) is 0 Å². The maximum atomic E-state index is 12.4. The van der Waals surface area contributed by atoms with Crippen LogP contribution < -0.4 is 10.6 Å². The van der Waals surface area contributed by atoms with E-state index < -0.39 is 34.4 Å². The van der Waals surface area contributed by atoms with Crippen molar-refractivity contribution in [3.05, 3.63) is 29.8 Å². The quantitative estimate of drug-likeness (QED) is 0.820. The topological polar surface area (TPSA) is 113 Å². The smallest absolute Gasteiger partial charge is 0.321 e. The summed E-state index contributed by atoms with van der Waals surface area (Å²) >= 11 is 0. The third-order valence-electron chi connectivity index (χ3n) is 4.88. The lowest BCUT2D eigenvalue weighted by atomic mass is 9.86. The van der Waals surface area contributed by atoms with E-state index in [1.165, 1.54) is 18.2 Å². The molecule has 140 valence electrons. The van der Waals surface area contributed by atoms with Crippen molar-refractivity contribution in [2.45, 2.75) is 43.5 Å². The summed E-state index contributed by atoms with van der Waals surface area (Å²) in [7, 11) is -4.07. The summed E-state index contributed by atoms with van der Waals surface area (Å²) < 4.78 is 25.3. The van der Waals surface area contributed by atoms with Crippen molar-refractivity contribution in [1.82, 2.24) is 14.9 Å². The molecule has 1 aromatic carbocycles. The van der Waals surface area contributed by atoms with Gasteiger partial charge in [0.15, 0.2) is 0 Å². The molecule has 1 fully saturated rings. The van der Waals surface area contributed by atoms with Gasteiger partial charge in [0.05, 0.1) is 5.56 Å². The number of nitrogens with one attached hydrogen (secondary N) is 2. The van der Waals surface area contributed by atoms with Crippen LogP contribution in [0, 0.1) is 5.92 Å². The Hall–Kier alpha value is -2.42. The zero-order valence-electron chi connectivity index (χ0n) is 14.4. The molecule has 0 saturated heterocycles. The van der Waals surface area contributed by atoms with Crippen molar-refractivity contribution in [2.75, 3.05) is 6.54 Å². The molecule has 0 bridgehead atoms. The van der Waals surface area contributed by atoms with Gasteiger partial charge < -0.3 is 5.32 Å². The first-order chi connectivity index (χ1) is 12.3. The fraction of sp³-hybridized carbons (Fsp3) is 0.471. The van der Waals surface area contributed by atoms with Gasteiger partial charge in [-0.2, -0.15) is 0 Å². The van der Waals surface area contributed by atoms with Gasteiger partial charge in [-0.05, 0) is 30.9 Å². The van der Waals surface area contributed by atoms with Crippen LogP contribution in [0.1, 0.15) is 43.0 Å². The highest BCUT2D eigenvalue weighted by Gasteiger charge is 2.42. The van der Waals surface area contributed by atoms with Gasteiger partial charge in [0.2, 0.25) is 5.91 Å². The van der Waals surface area contributed by atoms with E-state index in [1.54, 1.807) is 6.07 Å². The zero-order chi connectivity index (χ0) is 18.9. The molecular weight excluding hydrogens is 358 g/mol. The van der Waals surface area contributed by atoms with Crippen LogP contribution >= 0.6 is 0 Å². The number of urea groups is 1. The lowest BCUT2D eigenvalue weighted by Crippen LogP contribution is -2.50. The number of sulfonamides is 1. The monoisotopic (exact) mass is 379 g/mol. The lowest BCUT2D eigenvalue weighted by Gasteiger charge is -2.29. The van der Waals surface area contributed by atoms with Crippen molar-refractivity contribution in [1.29, 1.82) is 0 Å². The Balaban J connectivity index is 1.62. The fourth-order valence-electron chi connectivity index (χ4n) is 3.42. The van der Waals surface area contributed by atoms with Gasteiger partial charge in [0, 0.05) is 6.04 Å². The summed E-state index contributed by atoms with van der Waals surface area (Å²) in [5.74, 6) is -1.30. The van der Waals surface area contributed by atoms with Crippen LogP contribution in [0.15, 0.2) is 29.2 Å². The summed E-state index contributed by atoms with van der Waals surface area (Å²) in [5.41, 5.74) is 0.0285. The summed E-state index contributed by atoms with van der Waals surface area (Å²) in [5, 5.41) is 4.86. The molecule has 0 spiro atoms. The Bertz CT molecular complexity index is 852. The SMILES string of the molecule is C[C@@H]1CCCC[C@H]1NC(=O)NC(=O)CN1C(=O)c2ccccc2S1(=O)=O. The Morgan fingerprint density at radius 2 is 1.88 bits per heavy atom. The minimum atomic E-state index is -4.07. The van der Waals surface area contributed by atoms with E-state index in [-0.39, 0.29) is 16.5 Å². The molecule has 9 heteroatoms. The normalized spacial score (nSPS) is 24.0. The number of benzene rings is 1. The van der Waals surface area contributed by atoms with Crippen LogP contribution in [0.4, 0.5) is 4.79 Å². The molecule has 2 N–H and O–H groups in total. The Kier molecular flexibility index (Phi) is 4.99. The maximum Gasteiger partial charge on any atom is 0.321 e. The molecule has 1 aromatic rings. The third kappa shape index (κ3) is 3.44. The number of imide groups is 1. The minimum absolute atomic E-state index is 0.0158. The molecule has 1 aliphatic carbocycles. The average molecular weight is 379 g/mol. The molecule has 1 heterocycles. The second kappa shape index (κ2) is 7.06. The molecule has 0 unspecified atom stereocenters. The lowest BCUT2D eigenvalue weighted by molar-refractivity contribution is -0.120.